The third kappa shape index (κ3) is 2.06. The molecule has 0 saturated heterocycles. The van der Waals surface area contributed by atoms with Gasteiger partial charge in [0.25, 0.3) is 0 Å². The van der Waals surface area contributed by atoms with Crippen molar-refractivity contribution >= 4 is 17.3 Å². The van der Waals surface area contributed by atoms with Crippen LogP contribution in [-0.2, 0) is 0 Å². The van der Waals surface area contributed by atoms with Crippen LogP contribution in [0.1, 0.15) is 15.2 Å². The van der Waals surface area contributed by atoms with Crippen molar-refractivity contribution in [2.45, 2.75) is 6.92 Å². The molecule has 2 nitrogen and oxygen atoms in total. The number of thiophene rings is 1. The molecule has 2 rings (SSSR count). The highest BCUT2D eigenvalue weighted by Crippen LogP contribution is 2.31. The summed E-state index contributed by atoms with van der Waals surface area (Å²) in [7, 11) is 0. The summed E-state index contributed by atoms with van der Waals surface area (Å²) in [5.41, 5.74) is 0.379. The summed E-state index contributed by atoms with van der Waals surface area (Å²) < 4.78 is 27.1. The van der Waals surface area contributed by atoms with Gasteiger partial charge in [0.1, 0.15) is 16.5 Å². The maximum absolute atomic E-state index is 13.7. The lowest BCUT2D eigenvalue weighted by Crippen LogP contribution is -1.97. The first kappa shape index (κ1) is 11.7. The standard InChI is InChI=1S/C12H8F2O2S/c1-6-4-10(14)8(5-9(6)13)7-2-3-17-11(7)12(15)16/h2-5H,1H3,(H,15,16). The molecule has 0 saturated carbocycles. The van der Waals surface area contributed by atoms with E-state index in [4.69, 9.17) is 5.11 Å². The molecule has 0 spiro atoms. The SMILES string of the molecule is Cc1cc(F)c(-c2ccsc2C(=O)O)cc1F. The summed E-state index contributed by atoms with van der Waals surface area (Å²) in [5, 5.41) is 10.5. The van der Waals surface area contributed by atoms with Gasteiger partial charge in [-0.2, -0.15) is 0 Å². The lowest BCUT2D eigenvalue weighted by Gasteiger charge is -2.05. The largest absolute Gasteiger partial charge is 0.477 e. The Morgan fingerprint density at radius 1 is 1.24 bits per heavy atom. The summed E-state index contributed by atoms with van der Waals surface area (Å²) in [4.78, 5) is 10.9. The van der Waals surface area contributed by atoms with E-state index in [-0.39, 0.29) is 21.6 Å². The fourth-order valence-electron chi connectivity index (χ4n) is 1.54. The number of halogens is 2. The van der Waals surface area contributed by atoms with Gasteiger partial charge < -0.3 is 5.11 Å². The Morgan fingerprint density at radius 3 is 2.59 bits per heavy atom. The van der Waals surface area contributed by atoms with Gasteiger partial charge >= 0.3 is 5.97 Å². The van der Waals surface area contributed by atoms with Crippen LogP contribution in [0, 0.1) is 18.6 Å². The van der Waals surface area contributed by atoms with Crippen molar-refractivity contribution in [3.63, 3.8) is 0 Å². The Bertz CT molecular complexity index is 590. The van der Waals surface area contributed by atoms with E-state index in [1.807, 2.05) is 0 Å². The highest BCUT2D eigenvalue weighted by atomic mass is 32.1. The molecule has 0 atom stereocenters. The molecular weight excluding hydrogens is 246 g/mol. The Kier molecular flexibility index (Phi) is 2.93. The maximum Gasteiger partial charge on any atom is 0.346 e. The monoisotopic (exact) mass is 254 g/mol. The molecule has 0 aliphatic heterocycles. The van der Waals surface area contributed by atoms with Crippen LogP contribution in [0.3, 0.4) is 0 Å². The smallest absolute Gasteiger partial charge is 0.346 e. The average Bonchev–Trinajstić information content (AvgIpc) is 2.72. The minimum atomic E-state index is -1.14. The Hall–Kier alpha value is -1.75. The highest BCUT2D eigenvalue weighted by molar-refractivity contribution is 7.12. The fourth-order valence-corrected chi connectivity index (χ4v) is 2.29. The van der Waals surface area contributed by atoms with E-state index in [0.717, 1.165) is 23.5 Å². The molecule has 1 N–H and O–H groups in total. The maximum atomic E-state index is 13.7. The summed E-state index contributed by atoms with van der Waals surface area (Å²) in [6.07, 6.45) is 0. The van der Waals surface area contributed by atoms with E-state index in [2.05, 4.69) is 0 Å². The van der Waals surface area contributed by atoms with Crippen LogP contribution in [0.4, 0.5) is 8.78 Å². The van der Waals surface area contributed by atoms with E-state index < -0.39 is 17.6 Å². The predicted molar refractivity (Wildman–Crippen MR) is 61.4 cm³/mol. The van der Waals surface area contributed by atoms with Crippen LogP contribution in [0.5, 0.6) is 0 Å². The van der Waals surface area contributed by atoms with Gasteiger partial charge in [-0.1, -0.05) is 0 Å². The number of carboxylic acid groups (broad SMARTS) is 1. The fraction of sp³-hybridized carbons (Fsp3) is 0.0833. The molecule has 1 aromatic carbocycles. The second kappa shape index (κ2) is 4.25. The zero-order valence-corrected chi connectivity index (χ0v) is 9.65. The third-order valence-corrected chi connectivity index (χ3v) is 3.30. The van der Waals surface area contributed by atoms with Crippen molar-refractivity contribution in [2.24, 2.45) is 0 Å². The highest BCUT2D eigenvalue weighted by Gasteiger charge is 2.17. The summed E-state index contributed by atoms with van der Waals surface area (Å²) in [6.45, 7) is 1.45. The topological polar surface area (TPSA) is 37.3 Å². The minimum Gasteiger partial charge on any atom is -0.477 e. The molecule has 0 aliphatic rings. The van der Waals surface area contributed by atoms with E-state index in [1.54, 1.807) is 0 Å². The third-order valence-electron chi connectivity index (χ3n) is 2.40. The molecule has 0 amide bonds. The number of carboxylic acids is 1. The zero-order valence-electron chi connectivity index (χ0n) is 8.83. The van der Waals surface area contributed by atoms with Crippen molar-refractivity contribution in [3.8, 4) is 11.1 Å². The van der Waals surface area contributed by atoms with Crippen molar-refractivity contribution in [3.05, 3.63) is 45.7 Å². The van der Waals surface area contributed by atoms with Crippen LogP contribution in [0.15, 0.2) is 23.6 Å². The Morgan fingerprint density at radius 2 is 1.94 bits per heavy atom. The lowest BCUT2D eigenvalue weighted by atomic mass is 10.0. The van der Waals surface area contributed by atoms with Gasteiger partial charge in [0.2, 0.25) is 0 Å². The van der Waals surface area contributed by atoms with Crippen molar-refractivity contribution < 1.29 is 18.7 Å². The molecule has 0 radical (unpaired) electrons. The minimum absolute atomic E-state index is 0.00662. The van der Waals surface area contributed by atoms with Gasteiger partial charge in [0.05, 0.1) is 0 Å². The first-order chi connectivity index (χ1) is 8.00. The van der Waals surface area contributed by atoms with E-state index in [0.29, 0.717) is 0 Å². The molecule has 0 fully saturated rings. The number of rotatable bonds is 2. The molecule has 0 unspecified atom stereocenters. The zero-order chi connectivity index (χ0) is 12.6. The van der Waals surface area contributed by atoms with Gasteiger partial charge in [0, 0.05) is 11.1 Å². The molecule has 0 bridgehead atoms. The Labute approximate surface area is 100 Å². The van der Waals surface area contributed by atoms with Gasteiger partial charge in [-0.15, -0.1) is 11.3 Å². The number of hydrogen-bond acceptors (Lipinski definition) is 2. The van der Waals surface area contributed by atoms with Crippen LogP contribution in [0.2, 0.25) is 0 Å². The average molecular weight is 254 g/mol. The molecular formula is C12H8F2O2S. The van der Waals surface area contributed by atoms with Crippen molar-refractivity contribution in [2.75, 3.05) is 0 Å². The second-order valence-electron chi connectivity index (χ2n) is 3.55. The van der Waals surface area contributed by atoms with Crippen LogP contribution >= 0.6 is 11.3 Å². The summed E-state index contributed by atoms with van der Waals surface area (Å²) in [6, 6.07) is 3.56. The van der Waals surface area contributed by atoms with Gasteiger partial charge in [-0.25, -0.2) is 13.6 Å². The molecule has 88 valence electrons. The predicted octanol–water partition coefficient (Wildman–Crippen LogP) is 3.70. The van der Waals surface area contributed by atoms with Crippen molar-refractivity contribution in [1.29, 1.82) is 0 Å². The molecule has 2 aromatic rings. The molecule has 1 aromatic heterocycles. The van der Waals surface area contributed by atoms with E-state index >= 15 is 0 Å². The molecule has 0 aliphatic carbocycles. The number of carbonyl (C=O) groups is 1. The first-order valence-electron chi connectivity index (χ1n) is 4.77. The van der Waals surface area contributed by atoms with Gasteiger partial charge in [-0.3, -0.25) is 0 Å². The summed E-state index contributed by atoms with van der Waals surface area (Å²) in [5.74, 6) is -2.32. The normalized spacial score (nSPS) is 10.5. The summed E-state index contributed by atoms with van der Waals surface area (Å²) >= 11 is 0.983. The Balaban J connectivity index is 2.64. The lowest BCUT2D eigenvalue weighted by molar-refractivity contribution is 0.0703. The van der Waals surface area contributed by atoms with Crippen molar-refractivity contribution in [1.82, 2.24) is 0 Å². The second-order valence-corrected chi connectivity index (χ2v) is 4.47. The van der Waals surface area contributed by atoms with E-state index in [1.165, 1.54) is 18.4 Å². The van der Waals surface area contributed by atoms with Gasteiger partial charge in [0.15, 0.2) is 0 Å². The van der Waals surface area contributed by atoms with Gasteiger partial charge in [-0.05, 0) is 36.1 Å². The van der Waals surface area contributed by atoms with Crippen LogP contribution in [0.25, 0.3) is 11.1 Å². The molecule has 1 heterocycles. The van der Waals surface area contributed by atoms with Crippen LogP contribution < -0.4 is 0 Å². The first-order valence-corrected chi connectivity index (χ1v) is 5.65. The molecule has 5 heteroatoms. The number of aromatic carboxylic acids is 1. The quantitative estimate of drug-likeness (QED) is 0.887. The van der Waals surface area contributed by atoms with Crippen LogP contribution in [-0.4, -0.2) is 11.1 Å². The van der Waals surface area contributed by atoms with E-state index in [9.17, 15) is 13.6 Å². The number of benzene rings is 1. The number of hydrogen-bond donors (Lipinski definition) is 1. The molecule has 17 heavy (non-hydrogen) atoms. The number of aryl methyl sites for hydroxylation is 1.